The van der Waals surface area contributed by atoms with Gasteiger partial charge in [-0.15, -0.1) is 0 Å². The monoisotopic (exact) mass is 303 g/mol. The van der Waals surface area contributed by atoms with Gasteiger partial charge >= 0.3 is 0 Å². The normalized spacial score (nSPS) is 33.2. The van der Waals surface area contributed by atoms with Crippen molar-refractivity contribution in [3.05, 3.63) is 0 Å². The summed E-state index contributed by atoms with van der Waals surface area (Å²) in [6.45, 7) is 7.07. The molecule has 2 rings (SSSR count). The molecule has 0 aromatic carbocycles. The standard InChI is InChI=1S/C15H29NO3S/c1-13-10-14(2)12-15(11-13)19-20(17,18)9-8-16-6-4-3-5-7-16/h13-15H,3-12H2,1-2H3. The molecule has 0 N–H and O–H groups in total. The molecule has 5 heteroatoms. The van der Waals surface area contributed by atoms with Gasteiger partial charge in [-0.1, -0.05) is 20.3 Å². The maximum Gasteiger partial charge on any atom is 0.268 e. The fraction of sp³-hybridized carbons (Fsp3) is 1.00. The van der Waals surface area contributed by atoms with Crippen molar-refractivity contribution in [3.8, 4) is 0 Å². The summed E-state index contributed by atoms with van der Waals surface area (Å²) in [5.41, 5.74) is 0. The van der Waals surface area contributed by atoms with Gasteiger partial charge in [-0.2, -0.15) is 8.42 Å². The van der Waals surface area contributed by atoms with Gasteiger partial charge in [-0.25, -0.2) is 0 Å². The van der Waals surface area contributed by atoms with E-state index in [1.807, 2.05) is 0 Å². The van der Waals surface area contributed by atoms with Crippen molar-refractivity contribution in [2.24, 2.45) is 11.8 Å². The minimum Gasteiger partial charge on any atom is -0.302 e. The van der Waals surface area contributed by atoms with Gasteiger partial charge in [0.05, 0.1) is 11.9 Å². The molecule has 2 fully saturated rings. The third-order valence-electron chi connectivity index (χ3n) is 4.52. The highest BCUT2D eigenvalue weighted by atomic mass is 32.2. The van der Waals surface area contributed by atoms with E-state index in [9.17, 15) is 8.42 Å². The van der Waals surface area contributed by atoms with Crippen LogP contribution in [-0.2, 0) is 14.3 Å². The SMILES string of the molecule is CC1CC(C)CC(OS(=O)(=O)CCN2CCCCC2)C1. The highest BCUT2D eigenvalue weighted by Crippen LogP contribution is 2.31. The first kappa shape index (κ1) is 16.2. The van der Waals surface area contributed by atoms with Crippen LogP contribution in [-0.4, -0.2) is 44.8 Å². The summed E-state index contributed by atoms with van der Waals surface area (Å²) in [7, 11) is -3.37. The minimum atomic E-state index is -3.37. The predicted molar refractivity (Wildman–Crippen MR) is 81.1 cm³/mol. The lowest BCUT2D eigenvalue weighted by Crippen LogP contribution is -2.36. The molecule has 2 atom stereocenters. The largest absolute Gasteiger partial charge is 0.302 e. The molecule has 1 aliphatic carbocycles. The molecule has 1 saturated heterocycles. The molecule has 1 aliphatic heterocycles. The first-order chi connectivity index (χ1) is 9.44. The molecule has 2 aliphatic rings. The van der Waals surface area contributed by atoms with Crippen molar-refractivity contribution in [3.63, 3.8) is 0 Å². The van der Waals surface area contributed by atoms with Crippen LogP contribution < -0.4 is 0 Å². The van der Waals surface area contributed by atoms with Gasteiger partial charge in [0, 0.05) is 6.54 Å². The number of likely N-dealkylation sites (tertiary alicyclic amines) is 1. The Morgan fingerprint density at radius 2 is 1.60 bits per heavy atom. The van der Waals surface area contributed by atoms with Crippen LogP contribution in [0, 0.1) is 11.8 Å². The lowest BCUT2D eigenvalue weighted by atomic mass is 9.82. The van der Waals surface area contributed by atoms with E-state index in [0.717, 1.165) is 25.9 Å². The van der Waals surface area contributed by atoms with E-state index < -0.39 is 10.1 Å². The second-order valence-electron chi connectivity index (χ2n) is 6.80. The molecule has 0 spiro atoms. The minimum absolute atomic E-state index is 0.0971. The van der Waals surface area contributed by atoms with Crippen molar-refractivity contribution in [2.75, 3.05) is 25.4 Å². The third-order valence-corrected chi connectivity index (χ3v) is 5.77. The van der Waals surface area contributed by atoms with Gasteiger partial charge in [0.25, 0.3) is 10.1 Å². The van der Waals surface area contributed by atoms with Crippen LogP contribution in [0.2, 0.25) is 0 Å². The second kappa shape index (κ2) is 7.23. The zero-order chi connectivity index (χ0) is 14.6. The predicted octanol–water partition coefficient (Wildman–Crippen LogP) is 2.64. The van der Waals surface area contributed by atoms with Gasteiger partial charge in [-0.05, 0) is 57.0 Å². The summed E-state index contributed by atoms with van der Waals surface area (Å²) in [6.07, 6.45) is 6.52. The molecule has 20 heavy (non-hydrogen) atoms. The zero-order valence-corrected chi connectivity index (χ0v) is 13.7. The van der Waals surface area contributed by atoms with Crippen molar-refractivity contribution in [1.29, 1.82) is 0 Å². The average molecular weight is 303 g/mol. The first-order valence-electron chi connectivity index (χ1n) is 8.08. The number of nitrogens with zero attached hydrogens (tertiary/aromatic N) is 1. The van der Waals surface area contributed by atoms with Crippen LogP contribution >= 0.6 is 0 Å². The van der Waals surface area contributed by atoms with E-state index >= 15 is 0 Å². The summed E-state index contributed by atoms with van der Waals surface area (Å²) < 4.78 is 29.7. The zero-order valence-electron chi connectivity index (χ0n) is 12.9. The Kier molecular flexibility index (Phi) is 5.87. The summed E-state index contributed by atoms with van der Waals surface area (Å²) in [6, 6.07) is 0. The van der Waals surface area contributed by atoms with E-state index in [-0.39, 0.29) is 11.9 Å². The first-order valence-corrected chi connectivity index (χ1v) is 9.65. The lowest BCUT2D eigenvalue weighted by molar-refractivity contribution is 0.106. The van der Waals surface area contributed by atoms with E-state index in [2.05, 4.69) is 18.7 Å². The summed E-state index contributed by atoms with van der Waals surface area (Å²) in [5, 5.41) is 0. The molecule has 1 saturated carbocycles. The van der Waals surface area contributed by atoms with Gasteiger partial charge < -0.3 is 4.90 Å². The third kappa shape index (κ3) is 5.34. The Bertz CT molecular complexity index is 380. The van der Waals surface area contributed by atoms with Crippen molar-refractivity contribution < 1.29 is 12.6 Å². The Hall–Kier alpha value is -0.130. The van der Waals surface area contributed by atoms with Crippen LogP contribution in [0.15, 0.2) is 0 Å². The van der Waals surface area contributed by atoms with Crippen LogP contribution in [0.25, 0.3) is 0 Å². The topological polar surface area (TPSA) is 46.6 Å². The molecule has 0 bridgehead atoms. The summed E-state index contributed by atoms with van der Waals surface area (Å²) in [4.78, 5) is 2.25. The van der Waals surface area contributed by atoms with Crippen LogP contribution in [0.3, 0.4) is 0 Å². The molecule has 0 aromatic heterocycles. The number of rotatable bonds is 5. The Morgan fingerprint density at radius 3 is 2.20 bits per heavy atom. The Morgan fingerprint density at radius 1 is 1.00 bits per heavy atom. The molecule has 0 aromatic rings. The molecule has 0 amide bonds. The van der Waals surface area contributed by atoms with Crippen LogP contribution in [0.1, 0.15) is 52.4 Å². The summed E-state index contributed by atoms with van der Waals surface area (Å²) in [5.74, 6) is 1.29. The highest BCUT2D eigenvalue weighted by molar-refractivity contribution is 7.86. The van der Waals surface area contributed by atoms with Crippen molar-refractivity contribution in [2.45, 2.75) is 58.5 Å². The fourth-order valence-electron chi connectivity index (χ4n) is 3.63. The van der Waals surface area contributed by atoms with Gasteiger partial charge in [0.1, 0.15) is 0 Å². The molecule has 1 heterocycles. The highest BCUT2D eigenvalue weighted by Gasteiger charge is 2.28. The molecule has 2 unspecified atom stereocenters. The second-order valence-corrected chi connectivity index (χ2v) is 8.52. The molecule has 4 nitrogen and oxygen atoms in total. The van der Waals surface area contributed by atoms with Crippen LogP contribution in [0.4, 0.5) is 0 Å². The van der Waals surface area contributed by atoms with E-state index in [4.69, 9.17) is 4.18 Å². The number of piperidine rings is 1. The maximum absolute atomic E-state index is 12.1. The van der Waals surface area contributed by atoms with E-state index in [1.165, 1.54) is 25.7 Å². The van der Waals surface area contributed by atoms with Gasteiger partial charge in [-0.3, -0.25) is 4.18 Å². The van der Waals surface area contributed by atoms with Gasteiger partial charge in [0.15, 0.2) is 0 Å². The average Bonchev–Trinajstić information content (AvgIpc) is 2.36. The molecule has 0 radical (unpaired) electrons. The smallest absolute Gasteiger partial charge is 0.268 e. The summed E-state index contributed by atoms with van der Waals surface area (Å²) >= 11 is 0. The Labute approximate surface area is 124 Å². The molecular formula is C15H29NO3S. The fourth-order valence-corrected chi connectivity index (χ4v) is 4.78. The Balaban J connectivity index is 1.77. The quantitative estimate of drug-likeness (QED) is 0.733. The van der Waals surface area contributed by atoms with Crippen molar-refractivity contribution in [1.82, 2.24) is 4.90 Å². The van der Waals surface area contributed by atoms with Gasteiger partial charge in [0.2, 0.25) is 0 Å². The van der Waals surface area contributed by atoms with Crippen LogP contribution in [0.5, 0.6) is 0 Å². The molecular weight excluding hydrogens is 274 g/mol. The lowest BCUT2D eigenvalue weighted by Gasteiger charge is -2.31. The van der Waals surface area contributed by atoms with Crippen molar-refractivity contribution >= 4 is 10.1 Å². The molecule has 118 valence electrons. The van der Waals surface area contributed by atoms with E-state index in [1.54, 1.807) is 0 Å². The van der Waals surface area contributed by atoms with E-state index in [0.29, 0.717) is 18.4 Å². The number of hydrogen-bond acceptors (Lipinski definition) is 4. The maximum atomic E-state index is 12.1. The number of hydrogen-bond donors (Lipinski definition) is 0.